The third-order valence-corrected chi connectivity index (χ3v) is 3.64. The van der Waals surface area contributed by atoms with Gasteiger partial charge in [0.2, 0.25) is 0 Å². The van der Waals surface area contributed by atoms with Crippen LogP contribution in [0.3, 0.4) is 0 Å². The molecule has 1 heterocycles. The maximum atomic E-state index is 11.1. The fourth-order valence-electron chi connectivity index (χ4n) is 2.29. The molecule has 1 aromatic heterocycles. The smallest absolute Gasteiger partial charge is 0.278 e. The van der Waals surface area contributed by atoms with E-state index >= 15 is 0 Å². The molecular formula is C16H12ClN3O2. The minimum Gasteiger partial charge on any atom is -0.380 e. The summed E-state index contributed by atoms with van der Waals surface area (Å²) in [6, 6.07) is 12.5. The van der Waals surface area contributed by atoms with E-state index in [-0.39, 0.29) is 5.69 Å². The van der Waals surface area contributed by atoms with Crippen LogP contribution in [0.25, 0.3) is 10.8 Å². The Hall–Kier alpha value is -2.66. The van der Waals surface area contributed by atoms with Gasteiger partial charge in [-0.25, -0.2) is 0 Å². The van der Waals surface area contributed by atoms with E-state index in [9.17, 15) is 10.1 Å². The van der Waals surface area contributed by atoms with Crippen LogP contribution in [0.4, 0.5) is 11.4 Å². The standard InChI is InChI=1S/C16H12ClN3O2/c17-12-3-1-11(2-4-12)9-19-15-5-6-16(20(21)22)14-10-18-8-7-13(14)15/h1-8,10,19H,9H2. The molecule has 3 rings (SSSR count). The molecule has 22 heavy (non-hydrogen) atoms. The number of benzene rings is 2. The molecule has 0 atom stereocenters. The van der Waals surface area contributed by atoms with Gasteiger partial charge in [0, 0.05) is 41.1 Å². The van der Waals surface area contributed by atoms with E-state index in [0.717, 1.165) is 16.6 Å². The number of non-ortho nitro benzene ring substituents is 1. The van der Waals surface area contributed by atoms with Crippen LogP contribution in [0, 0.1) is 10.1 Å². The minimum atomic E-state index is -0.396. The molecule has 5 nitrogen and oxygen atoms in total. The molecule has 0 saturated carbocycles. The van der Waals surface area contributed by atoms with E-state index < -0.39 is 4.92 Å². The summed E-state index contributed by atoms with van der Waals surface area (Å²) in [7, 11) is 0. The predicted molar refractivity (Wildman–Crippen MR) is 87.2 cm³/mol. The third kappa shape index (κ3) is 2.84. The number of hydrogen-bond acceptors (Lipinski definition) is 4. The second-order valence-electron chi connectivity index (χ2n) is 4.79. The third-order valence-electron chi connectivity index (χ3n) is 3.39. The van der Waals surface area contributed by atoms with Crippen LogP contribution in [-0.2, 0) is 6.54 Å². The highest BCUT2D eigenvalue weighted by atomic mass is 35.5. The zero-order chi connectivity index (χ0) is 15.5. The molecule has 110 valence electrons. The van der Waals surface area contributed by atoms with E-state index in [1.165, 1.54) is 12.3 Å². The monoisotopic (exact) mass is 313 g/mol. The SMILES string of the molecule is O=[N+]([O-])c1ccc(NCc2ccc(Cl)cc2)c2ccncc12. The van der Waals surface area contributed by atoms with Gasteiger partial charge in [0.05, 0.1) is 10.3 Å². The highest BCUT2D eigenvalue weighted by molar-refractivity contribution is 6.30. The van der Waals surface area contributed by atoms with Gasteiger partial charge in [-0.3, -0.25) is 15.1 Å². The fourth-order valence-corrected chi connectivity index (χ4v) is 2.41. The number of halogens is 1. The van der Waals surface area contributed by atoms with Crippen LogP contribution in [-0.4, -0.2) is 9.91 Å². The maximum Gasteiger partial charge on any atom is 0.278 e. The zero-order valence-electron chi connectivity index (χ0n) is 11.5. The van der Waals surface area contributed by atoms with Crippen molar-refractivity contribution >= 4 is 33.7 Å². The molecule has 0 aliphatic carbocycles. The number of nitrogens with one attached hydrogen (secondary N) is 1. The van der Waals surface area contributed by atoms with Crippen molar-refractivity contribution in [1.82, 2.24) is 4.98 Å². The van der Waals surface area contributed by atoms with Gasteiger partial charge < -0.3 is 5.32 Å². The molecular weight excluding hydrogens is 302 g/mol. The quantitative estimate of drug-likeness (QED) is 0.572. The van der Waals surface area contributed by atoms with Gasteiger partial charge in [-0.05, 0) is 29.8 Å². The van der Waals surface area contributed by atoms with Gasteiger partial charge in [0.25, 0.3) is 5.69 Å². The first kappa shape index (κ1) is 14.3. The minimum absolute atomic E-state index is 0.0557. The van der Waals surface area contributed by atoms with Crippen molar-refractivity contribution in [3.8, 4) is 0 Å². The molecule has 3 aromatic rings. The lowest BCUT2D eigenvalue weighted by Crippen LogP contribution is -2.01. The van der Waals surface area contributed by atoms with Crippen molar-refractivity contribution in [1.29, 1.82) is 0 Å². The van der Waals surface area contributed by atoms with E-state index in [1.807, 2.05) is 24.3 Å². The average Bonchev–Trinajstić information content (AvgIpc) is 2.53. The number of anilines is 1. The molecule has 0 unspecified atom stereocenters. The first-order valence-corrected chi connectivity index (χ1v) is 7.02. The lowest BCUT2D eigenvalue weighted by atomic mass is 10.1. The molecule has 2 aromatic carbocycles. The van der Waals surface area contributed by atoms with Gasteiger partial charge in [-0.15, -0.1) is 0 Å². The number of fused-ring (bicyclic) bond motifs is 1. The van der Waals surface area contributed by atoms with Crippen LogP contribution >= 0.6 is 11.6 Å². The van der Waals surface area contributed by atoms with Crippen LogP contribution in [0.15, 0.2) is 54.9 Å². The highest BCUT2D eigenvalue weighted by Crippen LogP contribution is 2.30. The fraction of sp³-hybridized carbons (Fsp3) is 0.0625. The number of pyridine rings is 1. The Bertz CT molecular complexity index is 834. The molecule has 0 aliphatic heterocycles. The first-order chi connectivity index (χ1) is 10.6. The maximum absolute atomic E-state index is 11.1. The van der Waals surface area contributed by atoms with Crippen LogP contribution in [0.5, 0.6) is 0 Å². The molecule has 1 N–H and O–H groups in total. The Morgan fingerprint density at radius 2 is 1.86 bits per heavy atom. The van der Waals surface area contributed by atoms with Crippen molar-refractivity contribution in [3.05, 3.63) is 75.6 Å². The summed E-state index contributed by atoms with van der Waals surface area (Å²) in [6.45, 7) is 0.604. The summed E-state index contributed by atoms with van der Waals surface area (Å²) < 4.78 is 0. The summed E-state index contributed by atoms with van der Waals surface area (Å²) in [5.41, 5.74) is 1.96. The molecule has 0 saturated heterocycles. The van der Waals surface area contributed by atoms with E-state index in [0.29, 0.717) is 17.0 Å². The van der Waals surface area contributed by atoms with Crippen molar-refractivity contribution in [2.24, 2.45) is 0 Å². The Kier molecular flexibility index (Phi) is 3.89. The van der Waals surface area contributed by atoms with Crippen molar-refractivity contribution < 1.29 is 4.92 Å². The number of nitro benzene ring substituents is 1. The van der Waals surface area contributed by atoms with Gasteiger partial charge in [-0.1, -0.05) is 23.7 Å². The molecule has 0 fully saturated rings. The van der Waals surface area contributed by atoms with Gasteiger partial charge >= 0.3 is 0 Å². The first-order valence-electron chi connectivity index (χ1n) is 6.64. The molecule has 0 spiro atoms. The van der Waals surface area contributed by atoms with Crippen LogP contribution < -0.4 is 5.32 Å². The summed E-state index contributed by atoms with van der Waals surface area (Å²) >= 11 is 5.86. The highest BCUT2D eigenvalue weighted by Gasteiger charge is 2.14. The van der Waals surface area contributed by atoms with Crippen molar-refractivity contribution in [3.63, 3.8) is 0 Å². The van der Waals surface area contributed by atoms with Crippen LogP contribution in [0.1, 0.15) is 5.56 Å². The lowest BCUT2D eigenvalue weighted by molar-refractivity contribution is -0.383. The van der Waals surface area contributed by atoms with E-state index in [1.54, 1.807) is 18.3 Å². The second-order valence-corrected chi connectivity index (χ2v) is 5.23. The van der Waals surface area contributed by atoms with Gasteiger partial charge in [-0.2, -0.15) is 0 Å². The Morgan fingerprint density at radius 1 is 1.09 bits per heavy atom. The Balaban J connectivity index is 1.93. The molecule has 0 amide bonds. The number of nitrogens with zero attached hydrogens (tertiary/aromatic N) is 2. The molecule has 0 aliphatic rings. The molecule has 6 heteroatoms. The predicted octanol–water partition coefficient (Wildman–Crippen LogP) is 4.41. The number of rotatable bonds is 4. The van der Waals surface area contributed by atoms with E-state index in [4.69, 9.17) is 11.6 Å². The number of nitro groups is 1. The molecule has 0 radical (unpaired) electrons. The summed E-state index contributed by atoms with van der Waals surface area (Å²) in [6.07, 6.45) is 3.14. The zero-order valence-corrected chi connectivity index (χ0v) is 12.2. The van der Waals surface area contributed by atoms with Crippen LogP contribution in [0.2, 0.25) is 5.02 Å². The topological polar surface area (TPSA) is 68.1 Å². The Morgan fingerprint density at radius 3 is 2.59 bits per heavy atom. The number of aromatic nitrogens is 1. The normalized spacial score (nSPS) is 10.6. The lowest BCUT2D eigenvalue weighted by Gasteiger charge is -2.10. The van der Waals surface area contributed by atoms with E-state index in [2.05, 4.69) is 10.3 Å². The Labute approximate surface area is 131 Å². The van der Waals surface area contributed by atoms with Crippen molar-refractivity contribution in [2.75, 3.05) is 5.32 Å². The average molecular weight is 314 g/mol. The number of hydrogen-bond donors (Lipinski definition) is 1. The van der Waals surface area contributed by atoms with Gasteiger partial charge in [0.1, 0.15) is 0 Å². The van der Waals surface area contributed by atoms with Crippen molar-refractivity contribution in [2.45, 2.75) is 6.54 Å². The van der Waals surface area contributed by atoms with Gasteiger partial charge in [0.15, 0.2) is 0 Å². The summed E-state index contributed by atoms with van der Waals surface area (Å²) in [5.74, 6) is 0. The summed E-state index contributed by atoms with van der Waals surface area (Å²) in [4.78, 5) is 14.7. The largest absolute Gasteiger partial charge is 0.380 e. The summed E-state index contributed by atoms with van der Waals surface area (Å²) in [5, 5.41) is 16.4. The second kappa shape index (κ2) is 5.99. The molecule has 0 bridgehead atoms.